The lowest BCUT2D eigenvalue weighted by Gasteiger charge is -2.42. The molecule has 0 radical (unpaired) electrons. The summed E-state index contributed by atoms with van der Waals surface area (Å²) in [5, 5.41) is 0. The van der Waals surface area contributed by atoms with Gasteiger partial charge in [-0.2, -0.15) is 0 Å². The van der Waals surface area contributed by atoms with E-state index in [1.807, 2.05) is 6.07 Å². The van der Waals surface area contributed by atoms with Crippen molar-refractivity contribution in [2.24, 2.45) is 17.8 Å². The highest BCUT2D eigenvalue weighted by atomic mass is 19.2. The van der Waals surface area contributed by atoms with Crippen molar-refractivity contribution >= 4 is 0 Å². The van der Waals surface area contributed by atoms with E-state index in [2.05, 4.69) is 6.92 Å². The third-order valence-electron chi connectivity index (χ3n) is 7.88. The third-order valence-corrected chi connectivity index (χ3v) is 7.88. The summed E-state index contributed by atoms with van der Waals surface area (Å²) in [7, 11) is 0. The monoisotopic (exact) mass is 428 g/mol. The molecular formula is C28H35F3. The maximum atomic E-state index is 14.9. The molecule has 4 atom stereocenters. The number of halogens is 3. The Hall–Kier alpha value is -1.77. The quantitative estimate of drug-likeness (QED) is 0.386. The van der Waals surface area contributed by atoms with Crippen LogP contribution in [0.4, 0.5) is 13.2 Å². The Morgan fingerprint density at radius 1 is 0.742 bits per heavy atom. The van der Waals surface area contributed by atoms with E-state index in [0.717, 1.165) is 48.3 Å². The zero-order valence-corrected chi connectivity index (χ0v) is 18.7. The van der Waals surface area contributed by atoms with Gasteiger partial charge in [0.2, 0.25) is 0 Å². The van der Waals surface area contributed by atoms with E-state index < -0.39 is 11.6 Å². The van der Waals surface area contributed by atoms with Crippen LogP contribution >= 0.6 is 0 Å². The minimum Gasteiger partial charge on any atom is -0.206 e. The number of hydrogen-bond acceptors (Lipinski definition) is 0. The first-order valence-corrected chi connectivity index (χ1v) is 12.3. The summed E-state index contributed by atoms with van der Waals surface area (Å²) in [4.78, 5) is 0. The topological polar surface area (TPSA) is 0 Å². The molecule has 2 aromatic carbocycles. The molecule has 0 spiro atoms. The van der Waals surface area contributed by atoms with Crippen LogP contribution in [-0.2, 0) is 0 Å². The first-order valence-electron chi connectivity index (χ1n) is 12.3. The Morgan fingerprint density at radius 2 is 1.55 bits per heavy atom. The van der Waals surface area contributed by atoms with E-state index in [4.69, 9.17) is 0 Å². The van der Waals surface area contributed by atoms with Gasteiger partial charge in [0.1, 0.15) is 5.82 Å². The van der Waals surface area contributed by atoms with Crippen molar-refractivity contribution < 1.29 is 13.2 Å². The van der Waals surface area contributed by atoms with Crippen LogP contribution < -0.4 is 0 Å². The van der Waals surface area contributed by atoms with Gasteiger partial charge in [0.15, 0.2) is 11.6 Å². The molecule has 0 saturated heterocycles. The van der Waals surface area contributed by atoms with Crippen molar-refractivity contribution in [3.8, 4) is 11.1 Å². The number of unbranched alkanes of at least 4 members (excludes halogenated alkanes) is 3. The highest BCUT2D eigenvalue weighted by Crippen LogP contribution is 2.48. The first-order chi connectivity index (χ1) is 15.0. The minimum absolute atomic E-state index is 0.333. The van der Waals surface area contributed by atoms with Crippen molar-refractivity contribution in [3.63, 3.8) is 0 Å². The summed E-state index contributed by atoms with van der Waals surface area (Å²) in [5.74, 6) is 0.764. The molecule has 2 aromatic rings. The van der Waals surface area contributed by atoms with Crippen LogP contribution in [0.15, 0.2) is 36.4 Å². The Bertz CT molecular complexity index is 875. The fraction of sp³-hybridized carbons (Fsp3) is 0.571. The molecule has 0 aliphatic heterocycles. The highest BCUT2D eigenvalue weighted by molar-refractivity contribution is 5.64. The van der Waals surface area contributed by atoms with E-state index in [9.17, 15) is 13.2 Å². The van der Waals surface area contributed by atoms with E-state index in [0.29, 0.717) is 17.0 Å². The number of rotatable bonds is 7. The molecule has 0 amide bonds. The summed E-state index contributed by atoms with van der Waals surface area (Å²) >= 11 is 0. The van der Waals surface area contributed by atoms with Crippen LogP contribution in [0.1, 0.15) is 89.0 Å². The van der Waals surface area contributed by atoms with Gasteiger partial charge in [-0.25, -0.2) is 13.2 Å². The van der Waals surface area contributed by atoms with Crippen molar-refractivity contribution in [2.75, 3.05) is 0 Å². The van der Waals surface area contributed by atoms with Gasteiger partial charge in [0.05, 0.1) is 0 Å². The summed E-state index contributed by atoms with van der Waals surface area (Å²) in [5.41, 5.74) is 1.77. The van der Waals surface area contributed by atoms with Crippen molar-refractivity contribution in [3.05, 3.63) is 59.4 Å². The van der Waals surface area contributed by atoms with Crippen molar-refractivity contribution in [1.82, 2.24) is 0 Å². The van der Waals surface area contributed by atoms with Crippen LogP contribution in [0.3, 0.4) is 0 Å². The highest BCUT2D eigenvalue weighted by Gasteiger charge is 2.35. The molecule has 0 aromatic heterocycles. The molecule has 168 valence electrons. The normalized spacial score (nSPS) is 25.9. The SMILES string of the molecule is CCCCCCC1CC[C@@H]2C[C@H](c3ccc(-c4ccc(F)c(F)c4)c(F)c3)CC[C@@H]2C1. The standard InChI is InChI=1S/C28H35F3/c1-2-3-4-5-6-19-7-8-21-16-22(10-9-20(21)15-19)23-11-13-25(27(30)17-23)24-12-14-26(29)28(31)18-24/h11-14,17-22H,2-10,15-16H2,1H3/t19?,20-,21-,22-/m1/s1. The molecule has 0 nitrogen and oxygen atoms in total. The van der Waals surface area contributed by atoms with E-state index in [1.54, 1.807) is 12.1 Å². The Kier molecular flexibility index (Phi) is 7.40. The molecular weight excluding hydrogens is 393 g/mol. The summed E-state index contributed by atoms with van der Waals surface area (Å²) < 4.78 is 41.6. The average molecular weight is 429 g/mol. The smallest absolute Gasteiger partial charge is 0.159 e. The zero-order valence-electron chi connectivity index (χ0n) is 18.7. The molecule has 4 rings (SSSR count). The molecule has 1 unspecified atom stereocenters. The van der Waals surface area contributed by atoms with Gasteiger partial charge in [0, 0.05) is 5.56 Å². The van der Waals surface area contributed by atoms with Crippen LogP contribution in [0.5, 0.6) is 0 Å². The van der Waals surface area contributed by atoms with Crippen molar-refractivity contribution in [2.45, 2.75) is 83.5 Å². The van der Waals surface area contributed by atoms with Gasteiger partial charge in [-0.05, 0) is 85.1 Å². The summed E-state index contributed by atoms with van der Waals surface area (Å²) in [6, 6.07) is 8.91. The summed E-state index contributed by atoms with van der Waals surface area (Å²) in [6.45, 7) is 2.27. The van der Waals surface area contributed by atoms with Crippen LogP contribution in [-0.4, -0.2) is 0 Å². The lowest BCUT2D eigenvalue weighted by atomic mass is 9.63. The zero-order chi connectivity index (χ0) is 21.8. The van der Waals surface area contributed by atoms with Gasteiger partial charge in [-0.3, -0.25) is 0 Å². The largest absolute Gasteiger partial charge is 0.206 e. The lowest BCUT2D eigenvalue weighted by Crippen LogP contribution is -2.30. The second kappa shape index (κ2) is 10.2. The lowest BCUT2D eigenvalue weighted by molar-refractivity contribution is 0.113. The van der Waals surface area contributed by atoms with Gasteiger partial charge in [-0.1, -0.05) is 63.6 Å². The second-order valence-electron chi connectivity index (χ2n) is 9.93. The predicted molar refractivity (Wildman–Crippen MR) is 121 cm³/mol. The molecule has 0 N–H and O–H groups in total. The van der Waals surface area contributed by atoms with Crippen LogP contribution in [0.25, 0.3) is 11.1 Å². The fourth-order valence-electron chi connectivity index (χ4n) is 6.09. The fourth-order valence-corrected chi connectivity index (χ4v) is 6.09. The molecule has 3 heteroatoms. The molecule has 0 bridgehead atoms. The van der Waals surface area contributed by atoms with E-state index >= 15 is 0 Å². The second-order valence-corrected chi connectivity index (χ2v) is 9.93. The maximum absolute atomic E-state index is 14.9. The van der Waals surface area contributed by atoms with E-state index in [-0.39, 0.29) is 5.82 Å². The Morgan fingerprint density at radius 3 is 2.32 bits per heavy atom. The van der Waals surface area contributed by atoms with Gasteiger partial charge >= 0.3 is 0 Å². The number of hydrogen-bond donors (Lipinski definition) is 0. The van der Waals surface area contributed by atoms with E-state index in [1.165, 1.54) is 63.9 Å². The molecule has 31 heavy (non-hydrogen) atoms. The Balaban J connectivity index is 1.36. The summed E-state index contributed by atoms with van der Waals surface area (Å²) in [6.07, 6.45) is 14.5. The van der Waals surface area contributed by atoms with Crippen LogP contribution in [0, 0.1) is 35.2 Å². The van der Waals surface area contributed by atoms with Crippen LogP contribution in [0.2, 0.25) is 0 Å². The number of benzene rings is 2. The molecule has 2 aliphatic rings. The average Bonchev–Trinajstić information content (AvgIpc) is 2.78. The maximum Gasteiger partial charge on any atom is 0.159 e. The van der Waals surface area contributed by atoms with Gasteiger partial charge in [0.25, 0.3) is 0 Å². The molecule has 2 fully saturated rings. The van der Waals surface area contributed by atoms with Crippen molar-refractivity contribution in [1.29, 1.82) is 0 Å². The number of fused-ring (bicyclic) bond motifs is 1. The third kappa shape index (κ3) is 5.35. The Labute approximate surface area is 185 Å². The molecule has 2 aliphatic carbocycles. The van der Waals surface area contributed by atoms with Gasteiger partial charge < -0.3 is 0 Å². The predicted octanol–water partition coefficient (Wildman–Crippen LogP) is 9.04. The van der Waals surface area contributed by atoms with Gasteiger partial charge in [-0.15, -0.1) is 0 Å². The first kappa shape index (κ1) is 22.4. The minimum atomic E-state index is -0.944. The molecule has 0 heterocycles. The molecule has 2 saturated carbocycles.